The van der Waals surface area contributed by atoms with Gasteiger partial charge in [0, 0.05) is 18.8 Å². The lowest BCUT2D eigenvalue weighted by atomic mass is 10.2. The minimum atomic E-state index is 0.220. The number of aliphatic hydroxyl groups is 1. The van der Waals surface area contributed by atoms with Gasteiger partial charge in [0.05, 0.1) is 0 Å². The Balaban J connectivity index is 2.43. The van der Waals surface area contributed by atoms with E-state index in [-0.39, 0.29) is 18.6 Å². The van der Waals surface area contributed by atoms with Crippen LogP contribution in [0.25, 0.3) is 0 Å². The molecule has 1 rings (SSSR count). The van der Waals surface area contributed by atoms with Gasteiger partial charge >= 0.3 is 0 Å². The third kappa shape index (κ3) is 3.57. The van der Waals surface area contributed by atoms with Gasteiger partial charge in [-0.3, -0.25) is 0 Å². The Morgan fingerprint density at radius 2 is 2.43 bits per heavy atom. The van der Waals surface area contributed by atoms with E-state index in [2.05, 4.69) is 15.3 Å². The number of nitrogen functional groups attached to an aromatic ring is 1. The monoisotopic (exact) mass is 196 g/mol. The Bertz CT molecular complexity index is 279. The molecule has 5 nitrogen and oxygen atoms in total. The number of anilines is 2. The number of aromatic nitrogens is 2. The first kappa shape index (κ1) is 10.7. The van der Waals surface area contributed by atoms with Gasteiger partial charge in [-0.05, 0) is 25.8 Å². The predicted molar refractivity (Wildman–Crippen MR) is 55.8 cm³/mol. The Kier molecular flexibility index (Phi) is 4.12. The summed E-state index contributed by atoms with van der Waals surface area (Å²) < 4.78 is 0. The molecule has 0 aliphatic heterocycles. The molecule has 0 bridgehead atoms. The van der Waals surface area contributed by atoms with Crippen LogP contribution >= 0.6 is 0 Å². The highest BCUT2D eigenvalue weighted by molar-refractivity contribution is 5.37. The van der Waals surface area contributed by atoms with Gasteiger partial charge < -0.3 is 16.2 Å². The van der Waals surface area contributed by atoms with Crippen LogP contribution in [-0.4, -0.2) is 27.7 Å². The summed E-state index contributed by atoms with van der Waals surface area (Å²) in [4.78, 5) is 7.81. The minimum Gasteiger partial charge on any atom is -0.396 e. The topological polar surface area (TPSA) is 84.1 Å². The van der Waals surface area contributed by atoms with Crippen molar-refractivity contribution in [2.75, 3.05) is 17.7 Å². The zero-order valence-electron chi connectivity index (χ0n) is 8.27. The largest absolute Gasteiger partial charge is 0.396 e. The second-order valence-corrected chi connectivity index (χ2v) is 3.21. The third-order valence-electron chi connectivity index (χ3n) is 1.86. The lowest BCUT2D eigenvalue weighted by Crippen LogP contribution is -2.16. The molecule has 0 amide bonds. The number of hydrogen-bond acceptors (Lipinski definition) is 5. The van der Waals surface area contributed by atoms with E-state index in [1.54, 1.807) is 12.3 Å². The fourth-order valence-corrected chi connectivity index (χ4v) is 1.18. The molecule has 4 N–H and O–H groups in total. The van der Waals surface area contributed by atoms with Gasteiger partial charge in [-0.2, -0.15) is 4.98 Å². The van der Waals surface area contributed by atoms with Crippen molar-refractivity contribution in [2.45, 2.75) is 25.8 Å². The quantitative estimate of drug-likeness (QED) is 0.643. The van der Waals surface area contributed by atoms with Crippen molar-refractivity contribution in [1.82, 2.24) is 9.97 Å². The smallest absolute Gasteiger partial charge is 0.221 e. The van der Waals surface area contributed by atoms with E-state index in [0.29, 0.717) is 0 Å². The minimum absolute atomic E-state index is 0.220. The van der Waals surface area contributed by atoms with Crippen LogP contribution in [0.1, 0.15) is 19.8 Å². The van der Waals surface area contributed by atoms with E-state index in [9.17, 15) is 0 Å². The molecule has 1 aromatic heterocycles. The van der Waals surface area contributed by atoms with E-state index in [1.165, 1.54) is 0 Å². The van der Waals surface area contributed by atoms with Gasteiger partial charge in [0.25, 0.3) is 0 Å². The molecule has 1 heterocycles. The lowest BCUT2D eigenvalue weighted by molar-refractivity contribution is 0.282. The average molecular weight is 196 g/mol. The van der Waals surface area contributed by atoms with E-state index in [4.69, 9.17) is 10.8 Å². The van der Waals surface area contributed by atoms with E-state index < -0.39 is 0 Å². The number of rotatable bonds is 5. The first-order valence-electron chi connectivity index (χ1n) is 4.68. The summed E-state index contributed by atoms with van der Waals surface area (Å²) in [6, 6.07) is 2.04. The number of nitrogens with zero attached hydrogens (tertiary/aromatic N) is 2. The van der Waals surface area contributed by atoms with E-state index >= 15 is 0 Å². The molecule has 0 saturated carbocycles. The molecule has 0 radical (unpaired) electrons. The molecule has 14 heavy (non-hydrogen) atoms. The van der Waals surface area contributed by atoms with Gasteiger partial charge in [-0.25, -0.2) is 4.98 Å². The molecule has 0 fully saturated rings. The number of nitrogens with two attached hydrogens (primary N) is 1. The first-order valence-corrected chi connectivity index (χ1v) is 4.68. The first-order chi connectivity index (χ1) is 6.72. The summed E-state index contributed by atoms with van der Waals surface area (Å²) in [5.74, 6) is 0.993. The Hall–Kier alpha value is -1.36. The highest BCUT2D eigenvalue weighted by Crippen LogP contribution is 2.07. The van der Waals surface area contributed by atoms with Gasteiger partial charge in [-0.15, -0.1) is 0 Å². The van der Waals surface area contributed by atoms with Crippen molar-refractivity contribution >= 4 is 11.8 Å². The zero-order valence-corrected chi connectivity index (χ0v) is 8.27. The molecular weight excluding hydrogens is 180 g/mol. The normalized spacial score (nSPS) is 12.4. The van der Waals surface area contributed by atoms with Crippen LogP contribution in [0, 0.1) is 0 Å². The molecule has 1 unspecified atom stereocenters. The Labute approximate surface area is 83.4 Å². The molecule has 0 saturated heterocycles. The fraction of sp³-hybridized carbons (Fsp3) is 0.556. The summed E-state index contributed by atoms with van der Waals surface area (Å²) >= 11 is 0. The van der Waals surface area contributed by atoms with Crippen LogP contribution in [0.15, 0.2) is 12.3 Å². The maximum atomic E-state index is 8.65. The number of hydrogen-bond donors (Lipinski definition) is 3. The molecule has 1 atom stereocenters. The van der Waals surface area contributed by atoms with Crippen LogP contribution in [0.2, 0.25) is 0 Å². The summed E-state index contributed by atoms with van der Waals surface area (Å²) in [6.45, 7) is 2.26. The van der Waals surface area contributed by atoms with Gasteiger partial charge in [-0.1, -0.05) is 0 Å². The maximum Gasteiger partial charge on any atom is 0.221 e. The maximum absolute atomic E-state index is 8.65. The van der Waals surface area contributed by atoms with Crippen LogP contribution in [0.5, 0.6) is 0 Å². The van der Waals surface area contributed by atoms with Crippen LogP contribution in [0.4, 0.5) is 11.8 Å². The van der Waals surface area contributed by atoms with Crippen molar-refractivity contribution in [3.63, 3.8) is 0 Å². The summed E-state index contributed by atoms with van der Waals surface area (Å²) in [5.41, 5.74) is 5.43. The highest BCUT2D eigenvalue weighted by Gasteiger charge is 2.02. The van der Waals surface area contributed by atoms with Crippen LogP contribution < -0.4 is 11.1 Å². The molecule has 0 aliphatic carbocycles. The number of aliphatic hydroxyl groups excluding tert-OH is 1. The van der Waals surface area contributed by atoms with Crippen molar-refractivity contribution in [1.29, 1.82) is 0 Å². The summed E-state index contributed by atoms with van der Waals surface area (Å²) in [6.07, 6.45) is 3.30. The van der Waals surface area contributed by atoms with Crippen molar-refractivity contribution in [3.05, 3.63) is 12.3 Å². The fourth-order valence-electron chi connectivity index (χ4n) is 1.18. The highest BCUT2D eigenvalue weighted by atomic mass is 16.2. The SMILES string of the molecule is CC(CCCO)Nc1ccnc(N)n1. The third-order valence-corrected chi connectivity index (χ3v) is 1.86. The molecule has 1 aromatic rings. The molecule has 0 spiro atoms. The second kappa shape index (κ2) is 5.39. The molecular formula is C9H16N4O. The van der Waals surface area contributed by atoms with Crippen molar-refractivity contribution in [2.24, 2.45) is 0 Å². The van der Waals surface area contributed by atoms with Gasteiger partial charge in [0.15, 0.2) is 0 Å². The summed E-state index contributed by atoms with van der Waals surface area (Å²) in [7, 11) is 0. The van der Waals surface area contributed by atoms with E-state index in [0.717, 1.165) is 18.7 Å². The average Bonchev–Trinajstić information content (AvgIpc) is 2.15. The second-order valence-electron chi connectivity index (χ2n) is 3.21. The molecule has 0 aliphatic rings. The molecule has 78 valence electrons. The summed E-state index contributed by atoms with van der Waals surface area (Å²) in [5, 5.41) is 11.8. The molecule has 0 aromatic carbocycles. The lowest BCUT2D eigenvalue weighted by Gasteiger charge is -2.13. The van der Waals surface area contributed by atoms with Crippen molar-refractivity contribution in [3.8, 4) is 0 Å². The predicted octanol–water partition coefficient (Wildman–Crippen LogP) is 0.632. The Morgan fingerprint density at radius 3 is 3.07 bits per heavy atom. The standard InChI is InChI=1S/C9H16N4O/c1-7(3-2-6-14)12-8-4-5-11-9(10)13-8/h4-5,7,14H,2-3,6H2,1H3,(H3,10,11,12,13). The van der Waals surface area contributed by atoms with Crippen molar-refractivity contribution < 1.29 is 5.11 Å². The van der Waals surface area contributed by atoms with Crippen LogP contribution in [-0.2, 0) is 0 Å². The van der Waals surface area contributed by atoms with Crippen LogP contribution in [0.3, 0.4) is 0 Å². The Morgan fingerprint density at radius 1 is 1.64 bits per heavy atom. The molecule has 5 heteroatoms. The van der Waals surface area contributed by atoms with Gasteiger partial charge in [0.2, 0.25) is 5.95 Å². The zero-order chi connectivity index (χ0) is 10.4. The number of nitrogens with one attached hydrogen (secondary N) is 1. The van der Waals surface area contributed by atoms with Gasteiger partial charge in [0.1, 0.15) is 5.82 Å². The van der Waals surface area contributed by atoms with E-state index in [1.807, 2.05) is 6.92 Å².